The first-order valence-corrected chi connectivity index (χ1v) is 9.09. The monoisotopic (exact) mass is 370 g/mol. The van der Waals surface area contributed by atoms with Crippen molar-refractivity contribution in [3.8, 4) is 5.75 Å². The molecule has 0 unspecified atom stereocenters. The molecule has 1 heterocycles. The summed E-state index contributed by atoms with van der Waals surface area (Å²) in [5.41, 5.74) is 0.658. The number of benzene rings is 1. The second-order valence-corrected chi connectivity index (χ2v) is 7.57. The summed E-state index contributed by atoms with van der Waals surface area (Å²) in [6.07, 6.45) is 2.32. The van der Waals surface area contributed by atoms with Crippen LogP contribution in [0, 0.1) is 0 Å². The van der Waals surface area contributed by atoms with Crippen LogP contribution in [-0.4, -0.2) is 24.6 Å². The molecule has 0 bridgehead atoms. The number of rotatable bonds is 6. The van der Waals surface area contributed by atoms with E-state index in [4.69, 9.17) is 0 Å². The highest BCUT2D eigenvalue weighted by atomic mass is 32.3. The first-order chi connectivity index (χ1) is 11.2. The highest BCUT2D eigenvalue weighted by molar-refractivity contribution is 8.00. The Morgan fingerprint density at radius 3 is 2.67 bits per heavy atom. The van der Waals surface area contributed by atoms with Crippen molar-refractivity contribution in [1.82, 2.24) is 4.98 Å². The minimum atomic E-state index is -5.15. The van der Waals surface area contributed by atoms with Crippen molar-refractivity contribution in [2.75, 3.05) is 5.32 Å². The van der Waals surface area contributed by atoms with Crippen molar-refractivity contribution < 1.29 is 21.3 Å². The molecule has 0 fully saturated rings. The van der Waals surface area contributed by atoms with Gasteiger partial charge >= 0.3 is 10.5 Å². The number of thioether (sulfide) groups is 1. The predicted octanol–water partition coefficient (Wildman–Crippen LogP) is 3.43. The van der Waals surface area contributed by atoms with Gasteiger partial charge in [-0.1, -0.05) is 29.9 Å². The number of carbonyl (C=O) groups excluding carboxylic acids is 1. The van der Waals surface area contributed by atoms with Gasteiger partial charge in [0.2, 0.25) is 0 Å². The standard InChI is InChI=1S/C15H15FN2O4S2/c1-10(2)23-14-6-4-3-5-13(14)15(19)18-11-7-12(9-17-8-11)22-24(16,20)21/h3-10H,1-2H3,(H,18,19). The van der Waals surface area contributed by atoms with Crippen molar-refractivity contribution >= 4 is 33.9 Å². The zero-order valence-electron chi connectivity index (χ0n) is 12.9. The lowest BCUT2D eigenvalue weighted by molar-refractivity contribution is 0.102. The van der Waals surface area contributed by atoms with E-state index in [1.54, 1.807) is 23.9 Å². The Morgan fingerprint density at radius 1 is 1.29 bits per heavy atom. The van der Waals surface area contributed by atoms with Gasteiger partial charge in [-0.2, -0.15) is 8.42 Å². The molecule has 0 aliphatic rings. The van der Waals surface area contributed by atoms with Crippen LogP contribution in [0.2, 0.25) is 0 Å². The fourth-order valence-corrected chi connectivity index (χ4v) is 3.13. The minimum Gasteiger partial charge on any atom is -0.357 e. The summed E-state index contributed by atoms with van der Waals surface area (Å²) in [6, 6.07) is 8.27. The van der Waals surface area contributed by atoms with Gasteiger partial charge in [0.05, 0.1) is 23.6 Å². The summed E-state index contributed by atoms with van der Waals surface area (Å²) >= 11 is 1.54. The van der Waals surface area contributed by atoms with E-state index in [1.807, 2.05) is 26.0 Å². The highest BCUT2D eigenvalue weighted by Gasteiger charge is 2.14. The molecule has 0 saturated carbocycles. The van der Waals surface area contributed by atoms with E-state index in [1.165, 1.54) is 12.3 Å². The van der Waals surface area contributed by atoms with E-state index in [0.717, 1.165) is 11.1 Å². The molecule has 0 aliphatic carbocycles. The Kier molecular flexibility index (Phi) is 5.79. The summed E-state index contributed by atoms with van der Waals surface area (Å²) in [5.74, 6) is -0.721. The topological polar surface area (TPSA) is 85.4 Å². The highest BCUT2D eigenvalue weighted by Crippen LogP contribution is 2.27. The number of pyridine rings is 1. The summed E-state index contributed by atoms with van der Waals surface area (Å²) in [7, 11) is -5.15. The Hall–Kier alpha value is -2.13. The van der Waals surface area contributed by atoms with Crippen LogP contribution < -0.4 is 9.50 Å². The fraction of sp³-hybridized carbons (Fsp3) is 0.200. The molecule has 1 aromatic carbocycles. The average Bonchev–Trinajstić information content (AvgIpc) is 2.45. The summed E-state index contributed by atoms with van der Waals surface area (Å²) in [5, 5.41) is 2.88. The third kappa shape index (κ3) is 5.50. The number of aromatic nitrogens is 1. The fourth-order valence-electron chi connectivity index (χ4n) is 1.86. The van der Waals surface area contributed by atoms with Crippen LogP contribution in [0.25, 0.3) is 0 Å². The van der Waals surface area contributed by atoms with Crippen LogP contribution in [0.15, 0.2) is 47.6 Å². The largest absolute Gasteiger partial charge is 0.488 e. The molecule has 1 aromatic heterocycles. The smallest absolute Gasteiger partial charge is 0.357 e. The van der Waals surface area contributed by atoms with Gasteiger partial charge in [0, 0.05) is 16.2 Å². The SMILES string of the molecule is CC(C)Sc1ccccc1C(=O)Nc1cncc(OS(=O)(=O)F)c1. The van der Waals surface area contributed by atoms with Crippen molar-refractivity contribution in [2.45, 2.75) is 24.0 Å². The van der Waals surface area contributed by atoms with E-state index in [9.17, 15) is 17.1 Å². The molecule has 1 amide bonds. The van der Waals surface area contributed by atoms with E-state index in [0.29, 0.717) is 10.8 Å². The van der Waals surface area contributed by atoms with Crippen molar-refractivity contribution in [1.29, 1.82) is 0 Å². The maximum absolute atomic E-state index is 12.5. The zero-order chi connectivity index (χ0) is 17.7. The molecular formula is C15H15FN2O4S2. The molecule has 6 nitrogen and oxygen atoms in total. The van der Waals surface area contributed by atoms with Gasteiger partial charge in [-0.15, -0.1) is 11.8 Å². The van der Waals surface area contributed by atoms with Gasteiger partial charge in [0.15, 0.2) is 5.75 Å². The summed E-state index contributed by atoms with van der Waals surface area (Å²) in [6.45, 7) is 4.03. The molecule has 9 heteroatoms. The maximum Gasteiger partial charge on any atom is 0.488 e. The second kappa shape index (κ2) is 7.63. The molecule has 24 heavy (non-hydrogen) atoms. The van der Waals surface area contributed by atoms with Crippen molar-refractivity contribution in [3.05, 3.63) is 48.3 Å². The van der Waals surface area contributed by atoms with E-state index in [2.05, 4.69) is 14.5 Å². The summed E-state index contributed by atoms with van der Waals surface area (Å²) in [4.78, 5) is 17.0. The van der Waals surface area contributed by atoms with Gasteiger partial charge in [-0.25, -0.2) is 0 Å². The Bertz CT molecular complexity index is 841. The number of anilines is 1. The lowest BCUT2D eigenvalue weighted by Gasteiger charge is -2.11. The van der Waals surface area contributed by atoms with Gasteiger partial charge in [-0.05, 0) is 12.1 Å². The minimum absolute atomic E-state index is 0.186. The van der Waals surface area contributed by atoms with Gasteiger partial charge in [-0.3, -0.25) is 9.78 Å². The van der Waals surface area contributed by atoms with E-state index < -0.39 is 10.5 Å². The lowest BCUT2D eigenvalue weighted by Crippen LogP contribution is -2.13. The molecule has 0 aliphatic heterocycles. The molecule has 0 atom stereocenters. The molecule has 128 valence electrons. The molecule has 0 saturated heterocycles. The molecule has 2 aromatic rings. The van der Waals surface area contributed by atoms with Crippen LogP contribution in [0.1, 0.15) is 24.2 Å². The molecule has 0 radical (unpaired) electrons. The molecular weight excluding hydrogens is 355 g/mol. The Balaban J connectivity index is 2.20. The Morgan fingerprint density at radius 2 is 2.00 bits per heavy atom. The van der Waals surface area contributed by atoms with Gasteiger partial charge < -0.3 is 9.50 Å². The van der Waals surface area contributed by atoms with Crippen molar-refractivity contribution in [3.63, 3.8) is 0 Å². The van der Waals surface area contributed by atoms with Crippen LogP contribution in [0.5, 0.6) is 5.75 Å². The quantitative estimate of drug-likeness (QED) is 0.619. The van der Waals surface area contributed by atoms with Crippen LogP contribution in [-0.2, 0) is 10.5 Å². The first kappa shape index (κ1) is 18.2. The predicted molar refractivity (Wildman–Crippen MR) is 90.3 cm³/mol. The third-order valence-corrected chi connectivity index (χ3v) is 4.13. The van der Waals surface area contributed by atoms with E-state index >= 15 is 0 Å². The molecule has 2 rings (SSSR count). The number of carbonyl (C=O) groups is 1. The number of hydrogen-bond acceptors (Lipinski definition) is 6. The maximum atomic E-state index is 12.5. The van der Waals surface area contributed by atoms with Crippen molar-refractivity contribution in [2.24, 2.45) is 0 Å². The Labute approximate surface area is 143 Å². The number of nitrogens with one attached hydrogen (secondary N) is 1. The molecule has 0 spiro atoms. The number of nitrogens with zero attached hydrogens (tertiary/aromatic N) is 1. The van der Waals surface area contributed by atoms with Gasteiger partial charge in [0.1, 0.15) is 0 Å². The normalized spacial score (nSPS) is 11.3. The lowest BCUT2D eigenvalue weighted by atomic mass is 10.2. The molecule has 1 N–H and O–H groups in total. The number of halogens is 1. The van der Waals surface area contributed by atoms with Crippen LogP contribution in [0.3, 0.4) is 0 Å². The second-order valence-electron chi connectivity index (χ2n) is 5.00. The average molecular weight is 370 g/mol. The van der Waals surface area contributed by atoms with Crippen LogP contribution >= 0.6 is 11.8 Å². The number of amides is 1. The number of hydrogen-bond donors (Lipinski definition) is 1. The summed E-state index contributed by atoms with van der Waals surface area (Å²) < 4.78 is 37.6. The third-order valence-electron chi connectivity index (χ3n) is 2.66. The van der Waals surface area contributed by atoms with Crippen LogP contribution in [0.4, 0.5) is 9.57 Å². The zero-order valence-corrected chi connectivity index (χ0v) is 14.5. The van der Waals surface area contributed by atoms with Gasteiger partial charge in [0.25, 0.3) is 5.91 Å². The first-order valence-electron chi connectivity index (χ1n) is 6.91. The van der Waals surface area contributed by atoms with E-state index in [-0.39, 0.29) is 17.3 Å².